The van der Waals surface area contributed by atoms with Crippen LogP contribution in [0.3, 0.4) is 0 Å². The highest BCUT2D eigenvalue weighted by atomic mass is 35.5. The first-order valence-corrected chi connectivity index (χ1v) is 7.28. The highest BCUT2D eigenvalue weighted by Crippen LogP contribution is 2.27. The molecule has 20 heavy (non-hydrogen) atoms. The summed E-state index contributed by atoms with van der Waals surface area (Å²) in [6.45, 7) is 4.19. The Balaban J connectivity index is 1.79. The first-order valence-electron chi connectivity index (χ1n) is 6.90. The zero-order chi connectivity index (χ0) is 13.8. The molecular weight excluding hydrogens is 270 g/mol. The minimum absolute atomic E-state index is 0.736. The van der Waals surface area contributed by atoms with Gasteiger partial charge in [-0.1, -0.05) is 29.8 Å². The van der Waals surface area contributed by atoms with E-state index in [-0.39, 0.29) is 0 Å². The maximum absolute atomic E-state index is 6.18. The minimum atomic E-state index is 0.736. The van der Waals surface area contributed by atoms with Crippen molar-refractivity contribution in [2.45, 2.75) is 0 Å². The van der Waals surface area contributed by atoms with Crippen LogP contribution in [0.1, 0.15) is 0 Å². The Morgan fingerprint density at radius 2 is 1.80 bits per heavy atom. The molecule has 1 saturated heterocycles. The SMILES string of the molecule is Clc1ccccc1Nc1cccc(N2CCNCC2)c1. The fourth-order valence-corrected chi connectivity index (χ4v) is 2.60. The maximum Gasteiger partial charge on any atom is 0.0640 e. The van der Waals surface area contributed by atoms with E-state index < -0.39 is 0 Å². The largest absolute Gasteiger partial charge is 0.369 e. The third kappa shape index (κ3) is 3.06. The number of nitrogens with one attached hydrogen (secondary N) is 2. The highest BCUT2D eigenvalue weighted by molar-refractivity contribution is 6.33. The molecule has 0 saturated carbocycles. The van der Waals surface area contributed by atoms with E-state index in [9.17, 15) is 0 Å². The summed E-state index contributed by atoms with van der Waals surface area (Å²) in [5.74, 6) is 0. The third-order valence-corrected chi connectivity index (χ3v) is 3.81. The number of piperazine rings is 1. The van der Waals surface area contributed by atoms with Gasteiger partial charge in [-0.05, 0) is 30.3 Å². The first-order chi connectivity index (χ1) is 9.83. The average molecular weight is 288 g/mol. The van der Waals surface area contributed by atoms with E-state index in [4.69, 9.17) is 11.6 Å². The van der Waals surface area contributed by atoms with Crippen molar-refractivity contribution in [3.05, 3.63) is 53.6 Å². The van der Waals surface area contributed by atoms with E-state index in [0.717, 1.165) is 42.6 Å². The number of anilines is 3. The molecule has 0 atom stereocenters. The molecule has 2 aromatic rings. The van der Waals surface area contributed by atoms with Gasteiger partial charge in [0, 0.05) is 37.6 Å². The quantitative estimate of drug-likeness (QED) is 0.905. The van der Waals surface area contributed by atoms with Crippen molar-refractivity contribution in [2.24, 2.45) is 0 Å². The number of nitrogens with zero attached hydrogens (tertiary/aromatic N) is 1. The normalized spacial score (nSPS) is 15.2. The molecule has 0 bridgehead atoms. The topological polar surface area (TPSA) is 27.3 Å². The highest BCUT2D eigenvalue weighted by Gasteiger charge is 2.10. The lowest BCUT2D eigenvalue weighted by molar-refractivity contribution is 0.589. The molecule has 0 amide bonds. The van der Waals surface area contributed by atoms with Gasteiger partial charge in [0.25, 0.3) is 0 Å². The lowest BCUT2D eigenvalue weighted by atomic mass is 10.2. The van der Waals surface area contributed by atoms with Gasteiger partial charge < -0.3 is 15.5 Å². The molecule has 0 unspecified atom stereocenters. The summed E-state index contributed by atoms with van der Waals surface area (Å²) in [6, 6.07) is 16.3. The van der Waals surface area contributed by atoms with Crippen molar-refractivity contribution >= 4 is 28.7 Å². The van der Waals surface area contributed by atoms with Crippen LogP contribution in [0.25, 0.3) is 0 Å². The number of benzene rings is 2. The van der Waals surface area contributed by atoms with E-state index in [1.165, 1.54) is 5.69 Å². The Hall–Kier alpha value is -1.71. The molecule has 2 N–H and O–H groups in total. The van der Waals surface area contributed by atoms with Crippen LogP contribution in [0.2, 0.25) is 5.02 Å². The fraction of sp³-hybridized carbons (Fsp3) is 0.250. The van der Waals surface area contributed by atoms with E-state index in [1.807, 2.05) is 24.3 Å². The van der Waals surface area contributed by atoms with Crippen LogP contribution in [-0.2, 0) is 0 Å². The Morgan fingerprint density at radius 1 is 1.00 bits per heavy atom. The van der Waals surface area contributed by atoms with Crippen LogP contribution in [0.4, 0.5) is 17.1 Å². The summed E-state index contributed by atoms with van der Waals surface area (Å²) in [5.41, 5.74) is 3.25. The van der Waals surface area contributed by atoms with Crippen LogP contribution in [0.5, 0.6) is 0 Å². The van der Waals surface area contributed by atoms with Crippen LogP contribution in [0.15, 0.2) is 48.5 Å². The van der Waals surface area contributed by atoms with Crippen molar-refractivity contribution in [3.63, 3.8) is 0 Å². The zero-order valence-electron chi connectivity index (χ0n) is 11.3. The van der Waals surface area contributed by atoms with Gasteiger partial charge in [0.15, 0.2) is 0 Å². The van der Waals surface area contributed by atoms with E-state index in [1.54, 1.807) is 0 Å². The molecule has 1 aliphatic rings. The van der Waals surface area contributed by atoms with Crippen molar-refractivity contribution in [1.29, 1.82) is 0 Å². The van der Waals surface area contributed by atoms with Crippen LogP contribution in [-0.4, -0.2) is 26.2 Å². The van der Waals surface area contributed by atoms with Crippen LogP contribution >= 0.6 is 11.6 Å². The monoisotopic (exact) mass is 287 g/mol. The second kappa shape index (κ2) is 6.16. The number of para-hydroxylation sites is 1. The van der Waals surface area contributed by atoms with Gasteiger partial charge in [0.05, 0.1) is 10.7 Å². The standard InChI is InChI=1S/C16H18ClN3/c17-15-6-1-2-7-16(15)19-13-4-3-5-14(12-13)20-10-8-18-9-11-20/h1-7,12,18-19H,8-11H2. The maximum atomic E-state index is 6.18. The number of hydrogen-bond donors (Lipinski definition) is 2. The summed E-state index contributed by atoms with van der Waals surface area (Å²) in [5, 5.41) is 7.49. The predicted molar refractivity (Wildman–Crippen MR) is 86.3 cm³/mol. The van der Waals surface area contributed by atoms with Gasteiger partial charge in [-0.25, -0.2) is 0 Å². The Morgan fingerprint density at radius 3 is 2.60 bits per heavy atom. The van der Waals surface area contributed by atoms with Gasteiger partial charge in [-0.3, -0.25) is 0 Å². The molecular formula is C16H18ClN3. The predicted octanol–water partition coefficient (Wildman–Crippen LogP) is 3.49. The second-order valence-corrected chi connectivity index (χ2v) is 5.30. The van der Waals surface area contributed by atoms with Crippen molar-refractivity contribution in [2.75, 3.05) is 36.4 Å². The summed E-state index contributed by atoms with van der Waals surface area (Å²) < 4.78 is 0. The molecule has 1 aliphatic heterocycles. The Kier molecular flexibility index (Phi) is 4.09. The fourth-order valence-electron chi connectivity index (χ4n) is 2.42. The van der Waals surface area contributed by atoms with Gasteiger partial charge in [0.2, 0.25) is 0 Å². The molecule has 1 fully saturated rings. The lowest BCUT2D eigenvalue weighted by Gasteiger charge is -2.29. The van der Waals surface area contributed by atoms with Crippen molar-refractivity contribution in [1.82, 2.24) is 5.32 Å². The van der Waals surface area contributed by atoms with Crippen LogP contribution in [0, 0.1) is 0 Å². The molecule has 104 valence electrons. The van der Waals surface area contributed by atoms with Gasteiger partial charge >= 0.3 is 0 Å². The average Bonchev–Trinajstić information content (AvgIpc) is 2.51. The summed E-state index contributed by atoms with van der Waals surface area (Å²) in [4.78, 5) is 2.40. The Bertz CT molecular complexity index is 579. The summed E-state index contributed by atoms with van der Waals surface area (Å²) in [7, 11) is 0. The molecule has 0 spiro atoms. The van der Waals surface area contributed by atoms with Crippen LogP contribution < -0.4 is 15.5 Å². The van der Waals surface area contributed by atoms with E-state index in [0.29, 0.717) is 0 Å². The summed E-state index contributed by atoms with van der Waals surface area (Å²) in [6.07, 6.45) is 0. The molecule has 4 heteroatoms. The molecule has 0 aromatic heterocycles. The number of hydrogen-bond acceptors (Lipinski definition) is 3. The molecule has 3 nitrogen and oxygen atoms in total. The zero-order valence-corrected chi connectivity index (χ0v) is 12.0. The Labute approximate surface area is 124 Å². The van der Waals surface area contributed by atoms with Gasteiger partial charge in [-0.2, -0.15) is 0 Å². The minimum Gasteiger partial charge on any atom is -0.369 e. The van der Waals surface area contributed by atoms with E-state index in [2.05, 4.69) is 39.8 Å². The second-order valence-electron chi connectivity index (χ2n) is 4.89. The number of halogens is 1. The smallest absolute Gasteiger partial charge is 0.0640 e. The molecule has 0 aliphatic carbocycles. The van der Waals surface area contributed by atoms with E-state index >= 15 is 0 Å². The molecule has 3 rings (SSSR count). The van der Waals surface area contributed by atoms with Crippen molar-refractivity contribution in [3.8, 4) is 0 Å². The van der Waals surface area contributed by atoms with Gasteiger partial charge in [-0.15, -0.1) is 0 Å². The first kappa shape index (κ1) is 13.3. The molecule has 2 aromatic carbocycles. The summed E-state index contributed by atoms with van der Waals surface area (Å²) >= 11 is 6.18. The lowest BCUT2D eigenvalue weighted by Crippen LogP contribution is -2.43. The molecule has 0 radical (unpaired) electrons. The van der Waals surface area contributed by atoms with Gasteiger partial charge in [0.1, 0.15) is 0 Å². The van der Waals surface area contributed by atoms with Crippen molar-refractivity contribution < 1.29 is 0 Å². The molecule has 1 heterocycles. The number of rotatable bonds is 3. The third-order valence-electron chi connectivity index (χ3n) is 3.48.